The fraction of sp³-hybridized carbons (Fsp3) is 0.462. The molecule has 5 nitrogen and oxygen atoms in total. The Balaban J connectivity index is 2.86. The van der Waals surface area contributed by atoms with Crippen molar-refractivity contribution in [2.45, 2.75) is 19.9 Å². The minimum Gasteiger partial charge on any atom is -0.497 e. The predicted octanol–water partition coefficient (Wildman–Crippen LogP) is 1.63. The van der Waals surface area contributed by atoms with E-state index >= 15 is 0 Å². The van der Waals surface area contributed by atoms with E-state index in [1.165, 1.54) is 0 Å². The number of anilines is 1. The van der Waals surface area contributed by atoms with Gasteiger partial charge >= 0.3 is 0 Å². The molecule has 2 unspecified atom stereocenters. The van der Waals surface area contributed by atoms with Gasteiger partial charge in [0.1, 0.15) is 11.5 Å². The topological polar surface area (TPSA) is 73.6 Å². The number of hydrogen-bond acceptors (Lipinski definition) is 4. The Morgan fingerprint density at radius 1 is 1.17 bits per heavy atom. The van der Waals surface area contributed by atoms with E-state index in [1.807, 2.05) is 0 Å². The first-order valence-corrected chi connectivity index (χ1v) is 5.77. The molecule has 0 saturated carbocycles. The third-order valence-electron chi connectivity index (χ3n) is 2.82. The highest BCUT2D eigenvalue weighted by Gasteiger charge is 2.17. The quantitative estimate of drug-likeness (QED) is 0.835. The molecule has 100 valence electrons. The summed E-state index contributed by atoms with van der Waals surface area (Å²) in [7, 11) is 3.12. The molecule has 18 heavy (non-hydrogen) atoms. The number of methoxy groups -OCH3 is 2. The van der Waals surface area contributed by atoms with Crippen LogP contribution in [0.5, 0.6) is 11.5 Å². The molecule has 1 rings (SSSR count). The number of benzene rings is 1. The van der Waals surface area contributed by atoms with Gasteiger partial charge in [0, 0.05) is 29.9 Å². The van der Waals surface area contributed by atoms with Crippen LogP contribution < -0.4 is 20.5 Å². The number of carbonyl (C=O) groups excluding carboxylic acids is 1. The van der Waals surface area contributed by atoms with Crippen LogP contribution in [-0.2, 0) is 4.79 Å². The number of rotatable bonds is 5. The highest BCUT2D eigenvalue weighted by molar-refractivity contribution is 5.93. The molecular weight excluding hydrogens is 232 g/mol. The summed E-state index contributed by atoms with van der Waals surface area (Å²) in [5.74, 6) is 0.860. The lowest BCUT2D eigenvalue weighted by Gasteiger charge is -2.16. The number of hydrogen-bond donors (Lipinski definition) is 2. The Morgan fingerprint density at radius 2 is 1.67 bits per heavy atom. The Morgan fingerprint density at radius 3 is 2.06 bits per heavy atom. The van der Waals surface area contributed by atoms with Gasteiger partial charge in [-0.2, -0.15) is 0 Å². The van der Waals surface area contributed by atoms with Crippen LogP contribution in [0.1, 0.15) is 13.8 Å². The van der Waals surface area contributed by atoms with Gasteiger partial charge in [0.05, 0.1) is 20.1 Å². The Hall–Kier alpha value is -1.75. The lowest BCUT2D eigenvalue weighted by molar-refractivity contribution is -0.119. The van der Waals surface area contributed by atoms with Gasteiger partial charge < -0.3 is 20.5 Å². The number of nitrogens with two attached hydrogens (primary N) is 1. The van der Waals surface area contributed by atoms with Crippen molar-refractivity contribution in [1.29, 1.82) is 0 Å². The smallest absolute Gasteiger partial charge is 0.228 e. The van der Waals surface area contributed by atoms with E-state index in [0.717, 1.165) is 0 Å². The van der Waals surface area contributed by atoms with E-state index in [0.29, 0.717) is 17.2 Å². The number of amides is 1. The van der Waals surface area contributed by atoms with Gasteiger partial charge in [-0.3, -0.25) is 4.79 Å². The van der Waals surface area contributed by atoms with Gasteiger partial charge in [-0.1, -0.05) is 6.92 Å². The van der Waals surface area contributed by atoms with Gasteiger partial charge in [-0.15, -0.1) is 0 Å². The normalized spacial score (nSPS) is 13.6. The standard InChI is InChI=1S/C13H20N2O3/c1-8(9(2)14)13(16)15-10-5-11(17-3)7-12(6-10)18-4/h5-9H,14H2,1-4H3,(H,15,16). The Bertz CT molecular complexity index is 396. The van der Waals surface area contributed by atoms with Gasteiger partial charge in [0.2, 0.25) is 5.91 Å². The van der Waals surface area contributed by atoms with Crippen LogP contribution in [0.25, 0.3) is 0 Å². The minimum atomic E-state index is -0.262. The van der Waals surface area contributed by atoms with Crippen LogP contribution in [0.3, 0.4) is 0 Å². The van der Waals surface area contributed by atoms with Crippen molar-refractivity contribution >= 4 is 11.6 Å². The second-order valence-corrected chi connectivity index (χ2v) is 4.24. The average Bonchev–Trinajstić information content (AvgIpc) is 2.36. The molecule has 2 atom stereocenters. The zero-order valence-electron chi connectivity index (χ0n) is 11.2. The predicted molar refractivity (Wildman–Crippen MR) is 71.0 cm³/mol. The maximum atomic E-state index is 11.9. The molecule has 0 heterocycles. The fourth-order valence-electron chi connectivity index (χ4n) is 1.37. The molecule has 0 aliphatic heterocycles. The molecule has 0 fully saturated rings. The van der Waals surface area contributed by atoms with Crippen LogP contribution in [0.4, 0.5) is 5.69 Å². The summed E-state index contributed by atoms with van der Waals surface area (Å²) in [6.07, 6.45) is 0. The third kappa shape index (κ3) is 3.63. The van der Waals surface area contributed by atoms with Crippen molar-refractivity contribution in [2.24, 2.45) is 11.7 Å². The van der Waals surface area contributed by atoms with E-state index < -0.39 is 0 Å². The molecule has 0 aliphatic carbocycles. The van der Waals surface area contributed by atoms with E-state index in [-0.39, 0.29) is 17.9 Å². The van der Waals surface area contributed by atoms with E-state index in [2.05, 4.69) is 5.32 Å². The first kappa shape index (κ1) is 14.3. The van der Waals surface area contributed by atoms with Crippen molar-refractivity contribution in [1.82, 2.24) is 0 Å². The number of carbonyl (C=O) groups is 1. The van der Waals surface area contributed by atoms with E-state index in [9.17, 15) is 4.79 Å². The molecule has 1 aromatic carbocycles. The van der Waals surface area contributed by atoms with Crippen molar-refractivity contribution in [2.75, 3.05) is 19.5 Å². The number of ether oxygens (including phenoxy) is 2. The molecule has 5 heteroatoms. The van der Waals surface area contributed by atoms with Gasteiger partial charge in [0.15, 0.2) is 0 Å². The van der Waals surface area contributed by atoms with Crippen molar-refractivity contribution < 1.29 is 14.3 Å². The second kappa shape index (κ2) is 6.26. The Kier molecular flexibility index (Phi) is 4.97. The average molecular weight is 252 g/mol. The van der Waals surface area contributed by atoms with Crippen molar-refractivity contribution in [3.63, 3.8) is 0 Å². The van der Waals surface area contributed by atoms with Crippen LogP contribution in [-0.4, -0.2) is 26.2 Å². The summed E-state index contributed by atoms with van der Waals surface area (Å²) in [5, 5.41) is 2.79. The molecular formula is C13H20N2O3. The number of nitrogens with one attached hydrogen (secondary N) is 1. The van der Waals surface area contributed by atoms with Gasteiger partial charge in [-0.05, 0) is 6.92 Å². The summed E-state index contributed by atoms with van der Waals surface area (Å²) in [6.45, 7) is 3.59. The zero-order valence-corrected chi connectivity index (χ0v) is 11.2. The largest absolute Gasteiger partial charge is 0.497 e. The SMILES string of the molecule is COc1cc(NC(=O)C(C)C(C)N)cc(OC)c1. The molecule has 0 saturated heterocycles. The molecule has 1 aromatic rings. The summed E-state index contributed by atoms with van der Waals surface area (Å²) < 4.78 is 10.3. The molecule has 1 amide bonds. The summed E-state index contributed by atoms with van der Waals surface area (Å²) >= 11 is 0. The summed E-state index contributed by atoms with van der Waals surface area (Å²) in [5.41, 5.74) is 6.32. The van der Waals surface area contributed by atoms with Gasteiger partial charge in [-0.25, -0.2) is 0 Å². The molecule has 0 bridgehead atoms. The minimum absolute atomic E-state index is 0.125. The highest BCUT2D eigenvalue weighted by atomic mass is 16.5. The highest BCUT2D eigenvalue weighted by Crippen LogP contribution is 2.26. The molecule has 0 aliphatic rings. The van der Waals surface area contributed by atoms with Crippen molar-refractivity contribution in [3.05, 3.63) is 18.2 Å². The zero-order chi connectivity index (χ0) is 13.7. The van der Waals surface area contributed by atoms with Crippen LogP contribution in [0.15, 0.2) is 18.2 Å². The van der Waals surface area contributed by atoms with Crippen LogP contribution >= 0.6 is 0 Å². The van der Waals surface area contributed by atoms with Crippen molar-refractivity contribution in [3.8, 4) is 11.5 Å². The lowest BCUT2D eigenvalue weighted by Crippen LogP contribution is -2.34. The first-order chi connectivity index (χ1) is 8.47. The van der Waals surface area contributed by atoms with E-state index in [4.69, 9.17) is 15.2 Å². The first-order valence-electron chi connectivity index (χ1n) is 5.77. The lowest BCUT2D eigenvalue weighted by atomic mass is 10.0. The summed E-state index contributed by atoms with van der Waals surface area (Å²) in [4.78, 5) is 11.9. The molecule has 0 radical (unpaired) electrons. The second-order valence-electron chi connectivity index (χ2n) is 4.24. The van der Waals surface area contributed by atoms with Crippen LogP contribution in [0, 0.1) is 5.92 Å². The maximum Gasteiger partial charge on any atom is 0.228 e. The maximum absolute atomic E-state index is 11.9. The van der Waals surface area contributed by atoms with E-state index in [1.54, 1.807) is 46.3 Å². The Labute approximate surface area is 107 Å². The molecule has 0 spiro atoms. The summed E-state index contributed by atoms with van der Waals surface area (Å²) in [6, 6.07) is 5.00. The van der Waals surface area contributed by atoms with Crippen LogP contribution in [0.2, 0.25) is 0 Å². The third-order valence-corrected chi connectivity index (χ3v) is 2.82. The molecule has 3 N–H and O–H groups in total. The van der Waals surface area contributed by atoms with Gasteiger partial charge in [0.25, 0.3) is 0 Å². The monoisotopic (exact) mass is 252 g/mol. The molecule has 0 aromatic heterocycles. The fourth-order valence-corrected chi connectivity index (χ4v) is 1.37.